The Morgan fingerprint density at radius 1 is 1.50 bits per heavy atom. The number of benzene rings is 1. The van der Waals surface area contributed by atoms with Crippen LogP contribution in [-0.2, 0) is 0 Å². The second-order valence-electron chi connectivity index (χ2n) is 3.20. The predicted molar refractivity (Wildman–Crippen MR) is 63.1 cm³/mol. The average molecular weight is 214 g/mol. The lowest BCUT2D eigenvalue weighted by Gasteiger charge is -2.21. The van der Waals surface area contributed by atoms with Gasteiger partial charge in [-0.05, 0) is 19.2 Å². The van der Waals surface area contributed by atoms with Crippen molar-refractivity contribution in [3.05, 3.63) is 23.2 Å². The number of hydrogen-bond acceptors (Lipinski definition) is 3. The number of nitrogens with zero attached hydrogens (tertiary/aromatic N) is 1. The number of likely N-dealkylation sites (N-methyl/N-ethyl adjacent to an activating group) is 2. The molecule has 1 aromatic rings. The number of rotatable bonds is 4. The summed E-state index contributed by atoms with van der Waals surface area (Å²) in [6.07, 6.45) is 0. The van der Waals surface area contributed by atoms with Crippen molar-refractivity contribution in [1.29, 1.82) is 0 Å². The van der Waals surface area contributed by atoms with Gasteiger partial charge in [0.1, 0.15) is 0 Å². The molecular weight excluding hydrogens is 198 g/mol. The SMILES string of the molecule is CNCCN(C)c1cccc(Cl)c1N. The van der Waals surface area contributed by atoms with Crippen molar-refractivity contribution in [2.75, 3.05) is 37.8 Å². The molecule has 3 nitrogen and oxygen atoms in total. The van der Waals surface area contributed by atoms with Crippen molar-refractivity contribution in [2.24, 2.45) is 0 Å². The molecule has 14 heavy (non-hydrogen) atoms. The topological polar surface area (TPSA) is 41.3 Å². The molecule has 0 unspecified atom stereocenters. The lowest BCUT2D eigenvalue weighted by atomic mass is 10.2. The van der Waals surface area contributed by atoms with Crippen molar-refractivity contribution in [3.8, 4) is 0 Å². The molecule has 0 aliphatic carbocycles. The predicted octanol–water partition coefficient (Wildman–Crippen LogP) is 1.58. The first-order valence-electron chi connectivity index (χ1n) is 4.56. The molecule has 1 aromatic carbocycles. The quantitative estimate of drug-likeness (QED) is 0.747. The summed E-state index contributed by atoms with van der Waals surface area (Å²) < 4.78 is 0. The van der Waals surface area contributed by atoms with Crippen LogP contribution in [-0.4, -0.2) is 27.2 Å². The van der Waals surface area contributed by atoms with Gasteiger partial charge in [-0.3, -0.25) is 0 Å². The van der Waals surface area contributed by atoms with Crippen LogP contribution in [0.25, 0.3) is 0 Å². The fraction of sp³-hybridized carbons (Fsp3) is 0.400. The largest absolute Gasteiger partial charge is 0.396 e. The molecule has 0 aliphatic rings. The van der Waals surface area contributed by atoms with Gasteiger partial charge in [0.2, 0.25) is 0 Å². The Kier molecular flexibility index (Phi) is 4.04. The van der Waals surface area contributed by atoms with E-state index >= 15 is 0 Å². The highest BCUT2D eigenvalue weighted by atomic mass is 35.5. The third kappa shape index (κ3) is 2.53. The number of hydrogen-bond donors (Lipinski definition) is 2. The highest BCUT2D eigenvalue weighted by molar-refractivity contribution is 6.33. The summed E-state index contributed by atoms with van der Waals surface area (Å²) in [6.45, 7) is 1.82. The van der Waals surface area contributed by atoms with Crippen molar-refractivity contribution in [1.82, 2.24) is 5.32 Å². The van der Waals surface area contributed by atoms with E-state index in [1.54, 1.807) is 6.07 Å². The standard InChI is InChI=1S/C10H16ClN3/c1-13-6-7-14(2)9-5-3-4-8(11)10(9)12/h3-5,13H,6-7,12H2,1-2H3. The smallest absolute Gasteiger partial charge is 0.0741 e. The zero-order valence-corrected chi connectivity index (χ0v) is 9.30. The second kappa shape index (κ2) is 5.08. The van der Waals surface area contributed by atoms with Crippen LogP contribution in [0, 0.1) is 0 Å². The zero-order valence-electron chi connectivity index (χ0n) is 8.55. The molecule has 78 valence electrons. The van der Waals surface area contributed by atoms with Crippen LogP contribution in [0.5, 0.6) is 0 Å². The van der Waals surface area contributed by atoms with Gasteiger partial charge in [0, 0.05) is 20.1 Å². The van der Waals surface area contributed by atoms with Gasteiger partial charge in [0.05, 0.1) is 16.4 Å². The lowest BCUT2D eigenvalue weighted by Crippen LogP contribution is -2.27. The van der Waals surface area contributed by atoms with Crippen molar-refractivity contribution in [3.63, 3.8) is 0 Å². The molecule has 0 aromatic heterocycles. The summed E-state index contributed by atoms with van der Waals surface area (Å²) in [5, 5.41) is 3.70. The molecule has 0 amide bonds. The minimum atomic E-state index is 0.610. The van der Waals surface area contributed by atoms with E-state index in [1.807, 2.05) is 26.2 Å². The third-order valence-corrected chi connectivity index (χ3v) is 2.47. The van der Waals surface area contributed by atoms with E-state index in [-0.39, 0.29) is 0 Å². The van der Waals surface area contributed by atoms with E-state index in [4.69, 9.17) is 17.3 Å². The fourth-order valence-corrected chi connectivity index (χ4v) is 1.43. The molecular formula is C10H16ClN3. The van der Waals surface area contributed by atoms with Crippen LogP contribution in [0.1, 0.15) is 0 Å². The molecule has 4 heteroatoms. The molecule has 1 rings (SSSR count). The Morgan fingerprint density at radius 2 is 2.21 bits per heavy atom. The number of anilines is 2. The molecule has 0 radical (unpaired) electrons. The first-order chi connectivity index (χ1) is 6.66. The Hall–Kier alpha value is -0.930. The molecule has 0 saturated carbocycles. The molecule has 0 bridgehead atoms. The lowest BCUT2D eigenvalue weighted by molar-refractivity contribution is 0.768. The summed E-state index contributed by atoms with van der Waals surface area (Å²) >= 11 is 5.92. The summed E-state index contributed by atoms with van der Waals surface area (Å²) in [5.41, 5.74) is 7.49. The Balaban J connectivity index is 2.79. The van der Waals surface area contributed by atoms with E-state index in [1.165, 1.54) is 0 Å². The van der Waals surface area contributed by atoms with E-state index in [0.717, 1.165) is 18.8 Å². The Bertz CT molecular complexity index is 301. The van der Waals surface area contributed by atoms with Gasteiger partial charge in [-0.25, -0.2) is 0 Å². The normalized spacial score (nSPS) is 10.2. The number of nitrogen functional groups attached to an aromatic ring is 1. The monoisotopic (exact) mass is 213 g/mol. The van der Waals surface area contributed by atoms with Crippen LogP contribution in [0.3, 0.4) is 0 Å². The molecule has 0 spiro atoms. The number of nitrogens with one attached hydrogen (secondary N) is 1. The minimum Gasteiger partial charge on any atom is -0.396 e. The Morgan fingerprint density at radius 3 is 2.86 bits per heavy atom. The fourth-order valence-electron chi connectivity index (χ4n) is 1.26. The summed E-state index contributed by atoms with van der Waals surface area (Å²) in [7, 11) is 3.93. The van der Waals surface area contributed by atoms with Gasteiger partial charge in [0.25, 0.3) is 0 Å². The second-order valence-corrected chi connectivity index (χ2v) is 3.60. The highest BCUT2D eigenvalue weighted by Crippen LogP contribution is 2.28. The van der Waals surface area contributed by atoms with E-state index in [2.05, 4.69) is 10.2 Å². The van der Waals surface area contributed by atoms with Crippen LogP contribution >= 0.6 is 11.6 Å². The summed E-state index contributed by atoms with van der Waals surface area (Å²) in [5.74, 6) is 0. The number of halogens is 1. The van der Waals surface area contributed by atoms with Crippen LogP contribution < -0.4 is 16.0 Å². The number of nitrogens with two attached hydrogens (primary N) is 1. The zero-order chi connectivity index (χ0) is 10.6. The van der Waals surface area contributed by atoms with Gasteiger partial charge in [-0.15, -0.1) is 0 Å². The third-order valence-electron chi connectivity index (χ3n) is 2.14. The molecule has 0 atom stereocenters. The maximum atomic E-state index is 5.92. The molecule has 0 saturated heterocycles. The first-order valence-corrected chi connectivity index (χ1v) is 4.94. The average Bonchev–Trinajstić information content (AvgIpc) is 2.18. The maximum absolute atomic E-state index is 5.92. The van der Waals surface area contributed by atoms with E-state index in [9.17, 15) is 0 Å². The maximum Gasteiger partial charge on any atom is 0.0741 e. The van der Waals surface area contributed by atoms with Crippen molar-refractivity contribution < 1.29 is 0 Å². The van der Waals surface area contributed by atoms with E-state index in [0.29, 0.717) is 10.7 Å². The Labute approximate surface area is 89.8 Å². The molecule has 0 fully saturated rings. The van der Waals surface area contributed by atoms with Crippen LogP contribution in [0.2, 0.25) is 5.02 Å². The van der Waals surface area contributed by atoms with E-state index < -0.39 is 0 Å². The van der Waals surface area contributed by atoms with Gasteiger partial charge in [0.15, 0.2) is 0 Å². The van der Waals surface area contributed by atoms with Gasteiger partial charge >= 0.3 is 0 Å². The first kappa shape index (κ1) is 11.1. The molecule has 3 N–H and O–H groups in total. The van der Waals surface area contributed by atoms with Gasteiger partial charge in [-0.1, -0.05) is 17.7 Å². The van der Waals surface area contributed by atoms with Crippen LogP contribution in [0.4, 0.5) is 11.4 Å². The van der Waals surface area contributed by atoms with Gasteiger partial charge in [-0.2, -0.15) is 0 Å². The minimum absolute atomic E-state index is 0.610. The summed E-state index contributed by atoms with van der Waals surface area (Å²) in [6, 6.07) is 5.67. The summed E-state index contributed by atoms with van der Waals surface area (Å²) in [4.78, 5) is 2.08. The number of para-hydroxylation sites is 1. The highest BCUT2D eigenvalue weighted by Gasteiger charge is 2.06. The molecule has 0 heterocycles. The van der Waals surface area contributed by atoms with Crippen molar-refractivity contribution >= 4 is 23.0 Å². The molecule has 0 aliphatic heterocycles. The van der Waals surface area contributed by atoms with Crippen molar-refractivity contribution in [2.45, 2.75) is 0 Å². The van der Waals surface area contributed by atoms with Gasteiger partial charge < -0.3 is 16.0 Å². The van der Waals surface area contributed by atoms with Crippen LogP contribution in [0.15, 0.2) is 18.2 Å².